The van der Waals surface area contributed by atoms with E-state index < -0.39 is 0 Å². The Hall–Kier alpha value is -0.710. The number of benzene rings is 1. The van der Waals surface area contributed by atoms with E-state index in [1.807, 2.05) is 38.1 Å². The van der Waals surface area contributed by atoms with Crippen LogP contribution in [0.2, 0.25) is 5.02 Å². The molecule has 0 saturated heterocycles. The molecule has 1 aromatic rings. The lowest BCUT2D eigenvalue weighted by molar-refractivity contribution is -0.118. The summed E-state index contributed by atoms with van der Waals surface area (Å²) >= 11 is 7.45. The number of aliphatic hydroxyl groups is 1. The topological polar surface area (TPSA) is 49.3 Å². The summed E-state index contributed by atoms with van der Waals surface area (Å²) in [5.41, 5.74) is 1.12. The maximum absolute atomic E-state index is 11.6. The minimum atomic E-state index is -0.352. The molecule has 0 aromatic heterocycles. The summed E-state index contributed by atoms with van der Waals surface area (Å²) in [5.74, 6) is 1.42. The van der Waals surface area contributed by atoms with Crippen LogP contribution in [0, 0.1) is 5.92 Å². The summed E-state index contributed by atoms with van der Waals surface area (Å²) in [4.78, 5) is 11.6. The van der Waals surface area contributed by atoms with Crippen molar-refractivity contribution in [2.75, 3.05) is 12.3 Å². The molecule has 1 unspecified atom stereocenters. The third-order valence-corrected chi connectivity index (χ3v) is 4.16. The third kappa shape index (κ3) is 7.17. The smallest absolute Gasteiger partial charge is 0.230 e. The summed E-state index contributed by atoms with van der Waals surface area (Å²) < 4.78 is 0. The van der Waals surface area contributed by atoms with Gasteiger partial charge in [-0.2, -0.15) is 0 Å². The highest BCUT2D eigenvalue weighted by Crippen LogP contribution is 2.16. The van der Waals surface area contributed by atoms with Crippen LogP contribution in [0.4, 0.5) is 0 Å². The molecular weight excluding hydrogens is 294 g/mol. The minimum absolute atomic E-state index is 0.00739. The first kappa shape index (κ1) is 17.3. The second kappa shape index (κ2) is 9.27. The molecule has 0 saturated carbocycles. The Balaban J connectivity index is 2.14. The van der Waals surface area contributed by atoms with Gasteiger partial charge in [0.2, 0.25) is 5.91 Å². The molecule has 0 bridgehead atoms. The molecule has 0 aliphatic carbocycles. The lowest BCUT2D eigenvalue weighted by Gasteiger charge is -2.14. The molecular formula is C15H22ClNO2S. The van der Waals surface area contributed by atoms with Crippen LogP contribution in [0.3, 0.4) is 0 Å². The molecule has 0 spiro atoms. The van der Waals surface area contributed by atoms with Gasteiger partial charge in [0, 0.05) is 17.3 Å². The Morgan fingerprint density at radius 3 is 2.85 bits per heavy atom. The lowest BCUT2D eigenvalue weighted by atomic mass is 10.0. The van der Waals surface area contributed by atoms with Gasteiger partial charge in [0.1, 0.15) is 0 Å². The van der Waals surface area contributed by atoms with Crippen molar-refractivity contribution in [2.24, 2.45) is 5.92 Å². The molecule has 5 heteroatoms. The van der Waals surface area contributed by atoms with Gasteiger partial charge in [-0.3, -0.25) is 4.79 Å². The van der Waals surface area contributed by atoms with E-state index in [1.165, 1.54) is 0 Å². The second-order valence-corrected chi connectivity index (χ2v) is 6.49. The highest BCUT2D eigenvalue weighted by Gasteiger charge is 2.09. The summed E-state index contributed by atoms with van der Waals surface area (Å²) in [6, 6.07) is 7.65. The highest BCUT2D eigenvalue weighted by atomic mass is 35.5. The molecule has 0 heterocycles. The molecule has 1 aromatic carbocycles. The third-order valence-electron chi connectivity index (χ3n) is 2.92. The summed E-state index contributed by atoms with van der Waals surface area (Å²) in [7, 11) is 0. The normalized spacial score (nSPS) is 12.4. The van der Waals surface area contributed by atoms with Crippen LogP contribution >= 0.6 is 23.4 Å². The van der Waals surface area contributed by atoms with Gasteiger partial charge < -0.3 is 10.4 Å². The van der Waals surface area contributed by atoms with Crippen LogP contribution in [0.1, 0.15) is 25.8 Å². The van der Waals surface area contributed by atoms with E-state index in [4.69, 9.17) is 11.6 Å². The van der Waals surface area contributed by atoms with Crippen molar-refractivity contribution >= 4 is 29.3 Å². The van der Waals surface area contributed by atoms with Crippen LogP contribution in [-0.4, -0.2) is 29.4 Å². The quantitative estimate of drug-likeness (QED) is 0.775. The number of nitrogens with one attached hydrogen (secondary N) is 1. The van der Waals surface area contributed by atoms with Crippen LogP contribution in [0.15, 0.2) is 24.3 Å². The average molecular weight is 316 g/mol. The Morgan fingerprint density at radius 2 is 2.20 bits per heavy atom. The first-order chi connectivity index (χ1) is 9.49. The summed E-state index contributed by atoms with van der Waals surface area (Å²) in [6.45, 7) is 4.45. The van der Waals surface area contributed by atoms with Crippen LogP contribution in [0.25, 0.3) is 0 Å². The van der Waals surface area contributed by atoms with Crippen molar-refractivity contribution in [3.63, 3.8) is 0 Å². The van der Waals surface area contributed by atoms with Gasteiger partial charge in [0.15, 0.2) is 0 Å². The zero-order chi connectivity index (χ0) is 15.0. The molecule has 0 aliphatic rings. The van der Waals surface area contributed by atoms with Crippen molar-refractivity contribution in [3.05, 3.63) is 34.9 Å². The van der Waals surface area contributed by atoms with Gasteiger partial charge in [0.05, 0.1) is 11.9 Å². The van der Waals surface area contributed by atoms with Gasteiger partial charge in [-0.15, -0.1) is 11.8 Å². The van der Waals surface area contributed by atoms with E-state index >= 15 is 0 Å². The SMILES string of the molecule is CC(C)C(O)CCNC(=O)CSCc1cccc(Cl)c1. The largest absolute Gasteiger partial charge is 0.393 e. The predicted molar refractivity (Wildman–Crippen MR) is 86.1 cm³/mol. The van der Waals surface area contributed by atoms with E-state index in [2.05, 4.69) is 5.32 Å². The first-order valence-corrected chi connectivity index (χ1v) is 8.29. The highest BCUT2D eigenvalue weighted by molar-refractivity contribution is 7.99. The predicted octanol–water partition coefficient (Wildman–Crippen LogP) is 3.10. The second-order valence-electron chi connectivity index (χ2n) is 5.07. The number of aliphatic hydroxyl groups excluding tert-OH is 1. The van der Waals surface area contributed by atoms with Crippen LogP contribution < -0.4 is 5.32 Å². The van der Waals surface area contributed by atoms with E-state index in [-0.39, 0.29) is 17.9 Å². The van der Waals surface area contributed by atoms with Crippen LogP contribution in [0.5, 0.6) is 0 Å². The number of hydrogen-bond acceptors (Lipinski definition) is 3. The maximum atomic E-state index is 11.6. The summed E-state index contributed by atoms with van der Waals surface area (Å²) in [5, 5.41) is 13.2. The monoisotopic (exact) mass is 315 g/mol. The molecule has 112 valence electrons. The van der Waals surface area contributed by atoms with Gasteiger partial charge in [-0.05, 0) is 30.0 Å². The van der Waals surface area contributed by atoms with Gasteiger partial charge in [0.25, 0.3) is 0 Å². The van der Waals surface area contributed by atoms with E-state index in [0.29, 0.717) is 18.7 Å². The van der Waals surface area contributed by atoms with Crippen LogP contribution in [-0.2, 0) is 10.5 Å². The average Bonchev–Trinajstić information content (AvgIpc) is 2.38. The Labute approximate surface area is 130 Å². The zero-order valence-electron chi connectivity index (χ0n) is 11.9. The number of carbonyl (C=O) groups excluding carboxylic acids is 1. The van der Waals surface area contributed by atoms with Crippen molar-refractivity contribution in [3.8, 4) is 0 Å². The number of rotatable bonds is 8. The number of hydrogen-bond donors (Lipinski definition) is 2. The van der Waals surface area contributed by atoms with Crippen molar-refractivity contribution in [1.29, 1.82) is 0 Å². The molecule has 0 radical (unpaired) electrons. The van der Waals surface area contributed by atoms with Crippen molar-refractivity contribution < 1.29 is 9.90 Å². The van der Waals surface area contributed by atoms with Gasteiger partial charge in [-0.25, -0.2) is 0 Å². The number of amides is 1. The molecule has 0 fully saturated rings. The van der Waals surface area contributed by atoms with Gasteiger partial charge >= 0.3 is 0 Å². The fourth-order valence-corrected chi connectivity index (χ4v) is 2.65. The number of thioether (sulfide) groups is 1. The Kier molecular flexibility index (Phi) is 8.04. The molecule has 1 rings (SSSR count). The lowest BCUT2D eigenvalue weighted by Crippen LogP contribution is -2.29. The molecule has 20 heavy (non-hydrogen) atoms. The maximum Gasteiger partial charge on any atom is 0.230 e. The standard InChI is InChI=1S/C15H22ClNO2S/c1-11(2)14(18)6-7-17-15(19)10-20-9-12-4-3-5-13(16)8-12/h3-5,8,11,14,18H,6-7,9-10H2,1-2H3,(H,17,19). The molecule has 3 nitrogen and oxygen atoms in total. The first-order valence-electron chi connectivity index (χ1n) is 6.76. The fraction of sp³-hybridized carbons (Fsp3) is 0.533. The zero-order valence-corrected chi connectivity index (χ0v) is 13.5. The summed E-state index contributed by atoms with van der Waals surface area (Å²) in [6.07, 6.45) is 0.247. The van der Waals surface area contributed by atoms with Crippen molar-refractivity contribution in [2.45, 2.75) is 32.1 Å². The number of halogens is 1. The van der Waals surface area contributed by atoms with Crippen molar-refractivity contribution in [1.82, 2.24) is 5.32 Å². The minimum Gasteiger partial charge on any atom is -0.393 e. The number of carbonyl (C=O) groups is 1. The Morgan fingerprint density at radius 1 is 1.45 bits per heavy atom. The van der Waals surface area contributed by atoms with E-state index in [0.717, 1.165) is 16.3 Å². The van der Waals surface area contributed by atoms with E-state index in [1.54, 1.807) is 11.8 Å². The molecule has 0 aliphatic heterocycles. The molecule has 2 N–H and O–H groups in total. The molecule has 1 atom stereocenters. The molecule has 1 amide bonds. The Bertz CT molecular complexity index is 426. The van der Waals surface area contributed by atoms with E-state index in [9.17, 15) is 9.90 Å². The fourth-order valence-electron chi connectivity index (χ4n) is 1.63. The van der Waals surface area contributed by atoms with Gasteiger partial charge in [-0.1, -0.05) is 37.6 Å².